The molecule has 7 heteroatoms. The number of aromatic nitrogens is 3. The third kappa shape index (κ3) is 4.78. The molecule has 138 valence electrons. The monoisotopic (exact) mass is 363 g/mol. The van der Waals surface area contributed by atoms with Crippen LogP contribution in [0.5, 0.6) is 0 Å². The average molecular weight is 363 g/mol. The van der Waals surface area contributed by atoms with E-state index in [9.17, 15) is 9.59 Å². The number of hydrogen-bond donors (Lipinski definition) is 2. The Balaban J connectivity index is 1.56. The summed E-state index contributed by atoms with van der Waals surface area (Å²) >= 11 is 0. The third-order valence-corrected chi connectivity index (χ3v) is 4.26. The minimum Gasteiger partial charge on any atom is -0.326 e. The fourth-order valence-electron chi connectivity index (χ4n) is 2.61. The van der Waals surface area contributed by atoms with Gasteiger partial charge < -0.3 is 10.6 Å². The van der Waals surface area contributed by atoms with Gasteiger partial charge in [0, 0.05) is 11.4 Å². The molecule has 0 aliphatic carbocycles. The quantitative estimate of drug-likeness (QED) is 0.705. The Labute approximate surface area is 157 Å². The highest BCUT2D eigenvalue weighted by atomic mass is 16.2. The first-order chi connectivity index (χ1) is 13.0. The first-order valence-corrected chi connectivity index (χ1v) is 8.62. The molecular weight excluding hydrogens is 342 g/mol. The fraction of sp³-hybridized carbons (Fsp3) is 0.200. The molecule has 0 saturated carbocycles. The van der Waals surface area contributed by atoms with E-state index in [1.165, 1.54) is 17.3 Å². The van der Waals surface area contributed by atoms with Crippen LogP contribution >= 0.6 is 0 Å². The van der Waals surface area contributed by atoms with Gasteiger partial charge in [0.05, 0.1) is 6.42 Å². The molecular formula is C20H21N5O2. The van der Waals surface area contributed by atoms with Gasteiger partial charge in [-0.15, -0.1) is 0 Å². The molecule has 0 aliphatic rings. The molecule has 0 radical (unpaired) electrons. The number of nitrogens with zero attached hydrogens (tertiary/aromatic N) is 3. The number of carbonyl (C=O) groups excluding carboxylic acids is 2. The topological polar surface area (TPSA) is 88.9 Å². The molecule has 7 nitrogen and oxygen atoms in total. The van der Waals surface area contributed by atoms with Crippen molar-refractivity contribution in [3.05, 3.63) is 72.3 Å². The Morgan fingerprint density at radius 3 is 2.33 bits per heavy atom. The molecule has 0 saturated heterocycles. The normalized spacial score (nSPS) is 11.6. The summed E-state index contributed by atoms with van der Waals surface area (Å²) in [5, 5.41) is 9.65. The lowest BCUT2D eigenvalue weighted by Crippen LogP contribution is -2.24. The van der Waals surface area contributed by atoms with Crippen LogP contribution in [0.2, 0.25) is 0 Å². The first-order valence-electron chi connectivity index (χ1n) is 8.62. The van der Waals surface area contributed by atoms with Gasteiger partial charge >= 0.3 is 0 Å². The van der Waals surface area contributed by atoms with Crippen molar-refractivity contribution in [2.75, 3.05) is 10.6 Å². The van der Waals surface area contributed by atoms with E-state index < -0.39 is 6.04 Å². The predicted octanol–water partition coefficient (Wildman–Crippen LogP) is 2.97. The lowest BCUT2D eigenvalue weighted by Gasteiger charge is -2.12. The molecule has 0 spiro atoms. The highest BCUT2D eigenvalue weighted by Crippen LogP contribution is 2.16. The van der Waals surface area contributed by atoms with Crippen molar-refractivity contribution in [2.45, 2.75) is 26.3 Å². The molecule has 2 amide bonds. The number of carbonyl (C=O) groups is 2. The Hall–Kier alpha value is -3.48. The second-order valence-corrected chi connectivity index (χ2v) is 6.27. The van der Waals surface area contributed by atoms with Crippen LogP contribution in [0.4, 0.5) is 11.4 Å². The Morgan fingerprint density at radius 2 is 1.70 bits per heavy atom. The van der Waals surface area contributed by atoms with E-state index in [0.29, 0.717) is 17.8 Å². The van der Waals surface area contributed by atoms with E-state index in [1.54, 1.807) is 31.2 Å². The molecule has 1 aromatic heterocycles. The smallest absolute Gasteiger partial charge is 0.249 e. The zero-order valence-corrected chi connectivity index (χ0v) is 15.2. The number of aryl methyl sites for hydroxylation is 1. The SMILES string of the molecule is Cc1ccccc1CC(=O)Nc1ccc(NC(=O)[C@@H](C)n2cncn2)cc1. The minimum absolute atomic E-state index is 0.0825. The molecule has 0 unspecified atom stereocenters. The molecule has 0 aliphatic heterocycles. The first kappa shape index (κ1) is 18.3. The van der Waals surface area contributed by atoms with Crippen LogP contribution in [0, 0.1) is 6.92 Å². The van der Waals surface area contributed by atoms with Crippen LogP contribution in [0.15, 0.2) is 61.2 Å². The van der Waals surface area contributed by atoms with Gasteiger partial charge in [-0.1, -0.05) is 24.3 Å². The number of amides is 2. The standard InChI is InChI=1S/C20H21N5O2/c1-14-5-3-4-6-16(14)11-19(26)23-17-7-9-18(10-8-17)24-20(27)15(2)25-13-21-12-22-25/h3-10,12-13,15H,11H2,1-2H3,(H,23,26)(H,24,27)/t15-/m1/s1. The van der Waals surface area contributed by atoms with Crippen LogP contribution in [-0.2, 0) is 16.0 Å². The highest BCUT2D eigenvalue weighted by Gasteiger charge is 2.15. The Morgan fingerprint density at radius 1 is 1.04 bits per heavy atom. The predicted molar refractivity (Wildman–Crippen MR) is 103 cm³/mol. The van der Waals surface area contributed by atoms with Gasteiger partial charge in [0.1, 0.15) is 18.7 Å². The molecule has 3 rings (SSSR count). The summed E-state index contributed by atoms with van der Waals surface area (Å²) in [7, 11) is 0. The lowest BCUT2D eigenvalue weighted by atomic mass is 10.1. The third-order valence-electron chi connectivity index (χ3n) is 4.26. The van der Waals surface area contributed by atoms with Crippen molar-refractivity contribution in [3.63, 3.8) is 0 Å². The lowest BCUT2D eigenvalue weighted by molar-refractivity contribution is -0.119. The maximum Gasteiger partial charge on any atom is 0.249 e. The summed E-state index contributed by atoms with van der Waals surface area (Å²) in [6.45, 7) is 3.73. The van der Waals surface area contributed by atoms with E-state index in [1.807, 2.05) is 31.2 Å². The summed E-state index contributed by atoms with van der Waals surface area (Å²) < 4.78 is 1.48. The Bertz CT molecular complexity index is 920. The number of hydrogen-bond acceptors (Lipinski definition) is 4. The van der Waals surface area contributed by atoms with Crippen LogP contribution in [0.1, 0.15) is 24.1 Å². The molecule has 1 atom stereocenters. The number of nitrogens with one attached hydrogen (secondary N) is 2. The number of anilines is 2. The van der Waals surface area contributed by atoms with Gasteiger partial charge in [-0.3, -0.25) is 9.59 Å². The van der Waals surface area contributed by atoms with Crippen LogP contribution < -0.4 is 10.6 Å². The van der Waals surface area contributed by atoms with Gasteiger partial charge in [-0.05, 0) is 49.2 Å². The summed E-state index contributed by atoms with van der Waals surface area (Å²) in [6, 6.07) is 14.3. The van der Waals surface area contributed by atoms with Crippen molar-refractivity contribution < 1.29 is 9.59 Å². The van der Waals surface area contributed by atoms with Crippen molar-refractivity contribution in [2.24, 2.45) is 0 Å². The second-order valence-electron chi connectivity index (χ2n) is 6.27. The second kappa shape index (κ2) is 8.27. The summed E-state index contributed by atoms with van der Waals surface area (Å²) in [5.41, 5.74) is 3.41. The van der Waals surface area contributed by atoms with E-state index in [0.717, 1.165) is 11.1 Å². The van der Waals surface area contributed by atoms with E-state index in [4.69, 9.17) is 0 Å². The fourth-order valence-corrected chi connectivity index (χ4v) is 2.61. The molecule has 3 aromatic rings. The van der Waals surface area contributed by atoms with Gasteiger partial charge in [0.2, 0.25) is 11.8 Å². The van der Waals surface area contributed by atoms with E-state index >= 15 is 0 Å². The van der Waals surface area contributed by atoms with Crippen molar-refractivity contribution in [1.29, 1.82) is 0 Å². The van der Waals surface area contributed by atoms with Gasteiger partial charge in [0.25, 0.3) is 0 Å². The van der Waals surface area contributed by atoms with Crippen LogP contribution in [0.3, 0.4) is 0 Å². The maximum absolute atomic E-state index is 12.2. The van der Waals surface area contributed by atoms with Crippen molar-refractivity contribution in [3.8, 4) is 0 Å². The van der Waals surface area contributed by atoms with Gasteiger partial charge in [-0.25, -0.2) is 9.67 Å². The maximum atomic E-state index is 12.2. The summed E-state index contributed by atoms with van der Waals surface area (Å²) in [5.74, 6) is -0.280. The molecule has 1 heterocycles. The average Bonchev–Trinajstić information content (AvgIpc) is 3.19. The van der Waals surface area contributed by atoms with Crippen LogP contribution in [0.25, 0.3) is 0 Å². The Kier molecular flexibility index (Phi) is 5.61. The van der Waals surface area contributed by atoms with Gasteiger partial charge in [-0.2, -0.15) is 5.10 Å². The zero-order chi connectivity index (χ0) is 19.2. The summed E-state index contributed by atoms with van der Waals surface area (Å²) in [4.78, 5) is 28.3. The molecule has 0 bridgehead atoms. The van der Waals surface area contributed by atoms with Crippen molar-refractivity contribution >= 4 is 23.2 Å². The molecule has 2 aromatic carbocycles. The summed E-state index contributed by atoms with van der Waals surface area (Å²) in [6.07, 6.45) is 3.20. The molecule has 0 fully saturated rings. The van der Waals surface area contributed by atoms with Crippen molar-refractivity contribution in [1.82, 2.24) is 14.8 Å². The minimum atomic E-state index is -0.471. The number of benzene rings is 2. The van der Waals surface area contributed by atoms with E-state index in [2.05, 4.69) is 20.7 Å². The number of rotatable bonds is 6. The largest absolute Gasteiger partial charge is 0.326 e. The molecule has 2 N–H and O–H groups in total. The highest BCUT2D eigenvalue weighted by molar-refractivity contribution is 5.95. The van der Waals surface area contributed by atoms with Crippen LogP contribution in [-0.4, -0.2) is 26.6 Å². The molecule has 27 heavy (non-hydrogen) atoms. The van der Waals surface area contributed by atoms with E-state index in [-0.39, 0.29) is 11.8 Å². The zero-order valence-electron chi connectivity index (χ0n) is 15.2. The van der Waals surface area contributed by atoms with Gasteiger partial charge in [0.15, 0.2) is 0 Å².